The minimum absolute atomic E-state index is 0. The van der Waals surface area contributed by atoms with Gasteiger partial charge in [-0.15, -0.1) is 0 Å². The second-order valence-corrected chi connectivity index (χ2v) is 1.73. The number of rotatable bonds is 0. The van der Waals surface area contributed by atoms with E-state index in [0.29, 0.717) is 0 Å². The SMILES string of the molecule is CCC.C[CH-]C.C[N-]C.[Li+].[Li+]. The fourth-order valence-electron chi connectivity index (χ4n) is 0. The van der Waals surface area contributed by atoms with Crippen molar-refractivity contribution in [3.8, 4) is 0 Å². The van der Waals surface area contributed by atoms with Crippen LogP contribution >= 0.6 is 0 Å². The van der Waals surface area contributed by atoms with Gasteiger partial charge in [0.1, 0.15) is 0 Å². The smallest absolute Gasteiger partial charge is 0.668 e. The normalized spacial score (nSPS) is 4.91. The molecule has 0 atom stereocenters. The third kappa shape index (κ3) is 701. The molecule has 0 aliphatic carbocycles. The fraction of sp³-hybridized carbons (Fsp3) is 0.875. The molecule has 0 spiro atoms. The molecule has 0 bridgehead atoms. The summed E-state index contributed by atoms with van der Waals surface area (Å²) in [5.74, 6) is 0. The molecule has 1 nitrogen and oxygen atoms in total. The third-order valence-electron chi connectivity index (χ3n) is 0. The molecule has 0 rings (SSSR count). The van der Waals surface area contributed by atoms with Crippen molar-refractivity contribution in [1.82, 2.24) is 0 Å². The molecule has 3 heteroatoms. The monoisotopic (exact) mass is 145 g/mol. The van der Waals surface area contributed by atoms with Gasteiger partial charge in [0.2, 0.25) is 0 Å². The van der Waals surface area contributed by atoms with Gasteiger partial charge in [-0.1, -0.05) is 20.3 Å². The molecule has 0 amide bonds. The predicted octanol–water partition coefficient (Wildman–Crippen LogP) is -2.73. The Labute approximate surface area is 97.5 Å². The van der Waals surface area contributed by atoms with E-state index in [1.807, 2.05) is 20.3 Å². The Morgan fingerprint density at radius 3 is 1.00 bits per heavy atom. The quantitative estimate of drug-likeness (QED) is 0.260. The van der Waals surface area contributed by atoms with Crippen molar-refractivity contribution in [1.29, 1.82) is 0 Å². The van der Waals surface area contributed by atoms with Crippen LogP contribution in [0.1, 0.15) is 34.1 Å². The standard InChI is InChI=1S/C3H8.C3H7.C2H6N.2Li/c3*1-3-2;;/h3H2,1-2H3;3H,1-2H3;1-2H3;;/q;2*-1;2*+1. The van der Waals surface area contributed by atoms with Crippen LogP contribution in [-0.4, -0.2) is 14.1 Å². The van der Waals surface area contributed by atoms with Crippen LogP contribution in [0.15, 0.2) is 0 Å². The summed E-state index contributed by atoms with van der Waals surface area (Å²) in [5, 5.41) is 3.50. The van der Waals surface area contributed by atoms with E-state index in [-0.39, 0.29) is 37.7 Å². The Balaban J connectivity index is -0.0000000150. The Morgan fingerprint density at radius 2 is 1.00 bits per heavy atom. The minimum Gasteiger partial charge on any atom is -0.668 e. The summed E-state index contributed by atoms with van der Waals surface area (Å²) in [6.07, 6.45) is 3.25. The molecule has 0 heterocycles. The summed E-state index contributed by atoms with van der Waals surface area (Å²) in [5.41, 5.74) is 0. The van der Waals surface area contributed by atoms with E-state index in [2.05, 4.69) is 19.2 Å². The van der Waals surface area contributed by atoms with Crippen molar-refractivity contribution in [2.24, 2.45) is 0 Å². The molecule has 60 valence electrons. The zero-order valence-corrected chi connectivity index (χ0v) is 9.73. The van der Waals surface area contributed by atoms with Crippen LogP contribution < -0.4 is 37.7 Å². The zero-order valence-electron chi connectivity index (χ0n) is 9.73. The van der Waals surface area contributed by atoms with Crippen molar-refractivity contribution in [2.45, 2.75) is 34.1 Å². The summed E-state index contributed by atoms with van der Waals surface area (Å²) in [6.45, 7) is 8.25. The zero-order chi connectivity index (χ0) is 8.12. The van der Waals surface area contributed by atoms with E-state index in [1.54, 1.807) is 14.1 Å². The van der Waals surface area contributed by atoms with Crippen LogP contribution in [0.4, 0.5) is 0 Å². The predicted molar refractivity (Wildman–Crippen MR) is 46.8 cm³/mol. The second-order valence-electron chi connectivity index (χ2n) is 1.73. The van der Waals surface area contributed by atoms with Crippen molar-refractivity contribution in [3.63, 3.8) is 0 Å². The van der Waals surface area contributed by atoms with E-state index in [9.17, 15) is 0 Å². The van der Waals surface area contributed by atoms with E-state index in [0.717, 1.165) is 0 Å². The van der Waals surface area contributed by atoms with Crippen molar-refractivity contribution < 1.29 is 37.7 Å². The average molecular weight is 145 g/mol. The second kappa shape index (κ2) is 66.6. The maximum atomic E-state index is 3.50. The molecule has 0 unspecified atom stereocenters. The molecular weight excluding hydrogens is 124 g/mol. The van der Waals surface area contributed by atoms with Crippen LogP contribution in [0.5, 0.6) is 0 Å². The first-order chi connectivity index (χ1) is 4.24. The number of hydrogen-bond donors (Lipinski definition) is 0. The van der Waals surface area contributed by atoms with E-state index >= 15 is 0 Å². The summed E-state index contributed by atoms with van der Waals surface area (Å²) in [7, 11) is 3.50. The third-order valence-corrected chi connectivity index (χ3v) is 0. The summed E-state index contributed by atoms with van der Waals surface area (Å²) in [4.78, 5) is 0. The molecule has 0 aromatic rings. The van der Waals surface area contributed by atoms with Gasteiger partial charge in [-0.05, 0) is 0 Å². The number of hydrogen-bond acceptors (Lipinski definition) is 0. The van der Waals surface area contributed by atoms with Gasteiger partial charge in [-0.2, -0.15) is 27.9 Å². The van der Waals surface area contributed by atoms with Crippen LogP contribution in [0.25, 0.3) is 5.32 Å². The number of nitrogens with zero attached hydrogens (tertiary/aromatic N) is 1. The molecule has 0 aliphatic heterocycles. The van der Waals surface area contributed by atoms with Crippen molar-refractivity contribution in [3.05, 3.63) is 11.7 Å². The van der Waals surface area contributed by atoms with E-state index < -0.39 is 0 Å². The topological polar surface area (TPSA) is 14.1 Å². The first-order valence-corrected chi connectivity index (χ1v) is 3.46. The largest absolute Gasteiger partial charge is 1.00 e. The summed E-state index contributed by atoms with van der Waals surface area (Å²) >= 11 is 0. The van der Waals surface area contributed by atoms with Crippen molar-refractivity contribution in [2.75, 3.05) is 14.1 Å². The molecule has 11 heavy (non-hydrogen) atoms. The van der Waals surface area contributed by atoms with Crippen LogP contribution in [0.2, 0.25) is 0 Å². The molecular formula is C8H21Li2N. The van der Waals surface area contributed by atoms with Gasteiger partial charge in [-0.3, -0.25) is 0 Å². The van der Waals surface area contributed by atoms with Gasteiger partial charge in [0, 0.05) is 0 Å². The molecule has 0 aliphatic rings. The van der Waals surface area contributed by atoms with Crippen molar-refractivity contribution >= 4 is 0 Å². The fourth-order valence-corrected chi connectivity index (χ4v) is 0. The Hall–Kier alpha value is 1.15. The molecule has 0 radical (unpaired) electrons. The van der Waals surface area contributed by atoms with Gasteiger partial charge < -0.3 is 11.7 Å². The van der Waals surface area contributed by atoms with Gasteiger partial charge >= 0.3 is 37.7 Å². The molecule has 0 aromatic heterocycles. The Bertz CT molecular complexity index is 16.8. The minimum atomic E-state index is 0. The summed E-state index contributed by atoms with van der Waals surface area (Å²) in [6, 6.07) is 0. The van der Waals surface area contributed by atoms with E-state index in [1.165, 1.54) is 6.42 Å². The van der Waals surface area contributed by atoms with Gasteiger partial charge in [0.05, 0.1) is 0 Å². The van der Waals surface area contributed by atoms with E-state index in [4.69, 9.17) is 0 Å². The van der Waals surface area contributed by atoms with Crippen LogP contribution in [0, 0.1) is 6.42 Å². The molecule has 0 aromatic carbocycles. The van der Waals surface area contributed by atoms with Crippen LogP contribution in [0.3, 0.4) is 0 Å². The maximum absolute atomic E-state index is 3.50. The van der Waals surface area contributed by atoms with Gasteiger partial charge in [-0.25, -0.2) is 0 Å². The molecule has 0 saturated heterocycles. The van der Waals surface area contributed by atoms with Gasteiger partial charge in [0.25, 0.3) is 0 Å². The summed E-state index contributed by atoms with van der Waals surface area (Å²) < 4.78 is 0. The van der Waals surface area contributed by atoms with Gasteiger partial charge in [0.15, 0.2) is 0 Å². The molecule has 0 N–H and O–H groups in total. The molecule has 0 saturated carbocycles. The first-order valence-electron chi connectivity index (χ1n) is 3.46. The average Bonchev–Trinajstić information content (AvgIpc) is 1.70. The Kier molecular flexibility index (Phi) is 179. The first kappa shape index (κ1) is 29.5. The maximum Gasteiger partial charge on any atom is 1.00 e. The Morgan fingerprint density at radius 1 is 1.00 bits per heavy atom. The molecule has 0 fully saturated rings. The van der Waals surface area contributed by atoms with Crippen LogP contribution in [-0.2, 0) is 0 Å².